The van der Waals surface area contributed by atoms with Crippen LogP contribution in [0.15, 0.2) is 24.3 Å². The summed E-state index contributed by atoms with van der Waals surface area (Å²) in [5.74, 6) is 0.587. The van der Waals surface area contributed by atoms with Gasteiger partial charge in [-0.05, 0) is 69.4 Å². The minimum atomic E-state index is -0.182. The molecule has 0 saturated carbocycles. The van der Waals surface area contributed by atoms with E-state index < -0.39 is 0 Å². The Balaban J connectivity index is 1.56. The van der Waals surface area contributed by atoms with E-state index in [0.29, 0.717) is 6.04 Å². The molecule has 3 rings (SSSR count). The van der Waals surface area contributed by atoms with Crippen molar-refractivity contribution in [2.24, 2.45) is 5.92 Å². The number of hydrogen-bond donors (Lipinski definition) is 1. The van der Waals surface area contributed by atoms with Crippen LogP contribution in [0, 0.1) is 11.7 Å². The number of hydrogen-bond acceptors (Lipinski definition) is 3. The summed E-state index contributed by atoms with van der Waals surface area (Å²) in [5, 5.41) is 3.50. The Hall–Kier alpha value is -0.970. The van der Waals surface area contributed by atoms with Crippen molar-refractivity contribution < 1.29 is 9.13 Å². The standard InChI is InChI=1S/C18H27FN2O/c1-21(13-14-3-2-9-20-12-14)17-8-10-22-18(11-17)15-4-6-16(19)7-5-15/h4-7,14,17-18,20H,2-3,8-13H2,1H3. The molecule has 2 aliphatic rings. The van der Waals surface area contributed by atoms with Crippen molar-refractivity contribution in [1.29, 1.82) is 0 Å². The third kappa shape index (κ3) is 4.06. The number of halogens is 1. The molecular weight excluding hydrogens is 279 g/mol. The van der Waals surface area contributed by atoms with Crippen molar-refractivity contribution in [1.82, 2.24) is 10.2 Å². The summed E-state index contributed by atoms with van der Waals surface area (Å²) in [7, 11) is 2.24. The third-order valence-corrected chi connectivity index (χ3v) is 5.07. The molecule has 122 valence electrons. The molecule has 4 heteroatoms. The summed E-state index contributed by atoms with van der Waals surface area (Å²) in [5.41, 5.74) is 1.10. The third-order valence-electron chi connectivity index (χ3n) is 5.07. The molecule has 2 fully saturated rings. The number of nitrogens with one attached hydrogen (secondary N) is 1. The number of rotatable bonds is 4. The molecular formula is C18H27FN2O. The van der Waals surface area contributed by atoms with E-state index in [4.69, 9.17) is 4.74 Å². The monoisotopic (exact) mass is 306 g/mol. The average Bonchev–Trinajstić information content (AvgIpc) is 2.56. The van der Waals surface area contributed by atoms with Crippen molar-refractivity contribution in [2.45, 2.75) is 37.8 Å². The molecule has 1 N–H and O–H groups in total. The van der Waals surface area contributed by atoms with E-state index in [9.17, 15) is 4.39 Å². The Morgan fingerprint density at radius 1 is 1.27 bits per heavy atom. The molecule has 2 heterocycles. The van der Waals surface area contributed by atoms with Gasteiger partial charge in [-0.3, -0.25) is 0 Å². The van der Waals surface area contributed by atoms with Gasteiger partial charge in [0, 0.05) is 19.2 Å². The molecule has 1 aromatic carbocycles. The quantitative estimate of drug-likeness (QED) is 0.925. The molecule has 0 radical (unpaired) electrons. The fourth-order valence-corrected chi connectivity index (χ4v) is 3.73. The van der Waals surface area contributed by atoms with E-state index in [-0.39, 0.29) is 11.9 Å². The van der Waals surface area contributed by atoms with Gasteiger partial charge in [-0.2, -0.15) is 0 Å². The van der Waals surface area contributed by atoms with Crippen LogP contribution in [0.2, 0.25) is 0 Å². The maximum atomic E-state index is 13.1. The van der Waals surface area contributed by atoms with Crippen molar-refractivity contribution in [3.63, 3.8) is 0 Å². The summed E-state index contributed by atoms with van der Waals surface area (Å²) in [4.78, 5) is 2.51. The smallest absolute Gasteiger partial charge is 0.123 e. The van der Waals surface area contributed by atoms with Gasteiger partial charge in [0.25, 0.3) is 0 Å². The Kier molecular flexibility index (Phi) is 5.45. The molecule has 3 atom stereocenters. The van der Waals surface area contributed by atoms with Crippen LogP contribution in [0.5, 0.6) is 0 Å². The van der Waals surface area contributed by atoms with Crippen LogP contribution in [0.3, 0.4) is 0 Å². The summed E-state index contributed by atoms with van der Waals surface area (Å²) in [6, 6.07) is 7.33. The van der Waals surface area contributed by atoms with Crippen molar-refractivity contribution >= 4 is 0 Å². The summed E-state index contributed by atoms with van der Waals surface area (Å²) in [6.07, 6.45) is 4.83. The van der Waals surface area contributed by atoms with E-state index in [1.54, 1.807) is 0 Å². The Bertz CT molecular complexity index is 459. The van der Waals surface area contributed by atoms with Gasteiger partial charge in [0.05, 0.1) is 6.10 Å². The highest BCUT2D eigenvalue weighted by Crippen LogP contribution is 2.30. The van der Waals surface area contributed by atoms with Gasteiger partial charge in [0.15, 0.2) is 0 Å². The number of piperidine rings is 1. The highest BCUT2D eigenvalue weighted by molar-refractivity contribution is 5.19. The second-order valence-corrected chi connectivity index (χ2v) is 6.74. The second-order valence-electron chi connectivity index (χ2n) is 6.74. The molecule has 0 spiro atoms. The number of ether oxygens (including phenoxy) is 1. The lowest BCUT2D eigenvalue weighted by Gasteiger charge is -2.38. The molecule has 0 aromatic heterocycles. The fourth-order valence-electron chi connectivity index (χ4n) is 3.73. The molecule has 1 aromatic rings. The largest absolute Gasteiger partial charge is 0.373 e. The van der Waals surface area contributed by atoms with Crippen molar-refractivity contribution in [2.75, 3.05) is 33.3 Å². The topological polar surface area (TPSA) is 24.5 Å². The average molecular weight is 306 g/mol. The molecule has 3 unspecified atom stereocenters. The van der Waals surface area contributed by atoms with E-state index >= 15 is 0 Å². The molecule has 2 aliphatic heterocycles. The van der Waals surface area contributed by atoms with Crippen molar-refractivity contribution in [3.05, 3.63) is 35.6 Å². The van der Waals surface area contributed by atoms with E-state index in [1.165, 1.54) is 31.5 Å². The Morgan fingerprint density at radius 3 is 2.82 bits per heavy atom. The Morgan fingerprint density at radius 2 is 2.09 bits per heavy atom. The van der Waals surface area contributed by atoms with Crippen LogP contribution >= 0.6 is 0 Å². The molecule has 3 nitrogen and oxygen atoms in total. The van der Waals surface area contributed by atoms with Crippen molar-refractivity contribution in [3.8, 4) is 0 Å². The zero-order chi connectivity index (χ0) is 15.4. The zero-order valence-electron chi connectivity index (χ0n) is 13.4. The maximum absolute atomic E-state index is 13.1. The molecule has 0 bridgehead atoms. The van der Waals surface area contributed by atoms with Gasteiger partial charge in [-0.1, -0.05) is 12.1 Å². The molecule has 22 heavy (non-hydrogen) atoms. The SMILES string of the molecule is CN(CC1CCCNC1)C1CCOC(c2ccc(F)cc2)C1. The minimum absolute atomic E-state index is 0.103. The van der Waals surface area contributed by atoms with Gasteiger partial charge in [0.1, 0.15) is 5.82 Å². The first-order valence-electron chi connectivity index (χ1n) is 8.50. The predicted octanol–water partition coefficient (Wildman–Crippen LogP) is 2.98. The predicted molar refractivity (Wildman–Crippen MR) is 86.3 cm³/mol. The fraction of sp³-hybridized carbons (Fsp3) is 0.667. The maximum Gasteiger partial charge on any atom is 0.123 e. The first kappa shape index (κ1) is 15.9. The first-order valence-corrected chi connectivity index (χ1v) is 8.50. The van der Waals surface area contributed by atoms with Gasteiger partial charge in [-0.25, -0.2) is 4.39 Å². The van der Waals surface area contributed by atoms with Gasteiger partial charge in [-0.15, -0.1) is 0 Å². The number of nitrogens with zero attached hydrogens (tertiary/aromatic N) is 1. The van der Waals surface area contributed by atoms with Crippen LogP contribution in [-0.4, -0.2) is 44.2 Å². The van der Waals surface area contributed by atoms with E-state index in [1.807, 2.05) is 12.1 Å². The van der Waals surface area contributed by atoms with Gasteiger partial charge >= 0.3 is 0 Å². The van der Waals surface area contributed by atoms with Crippen LogP contribution in [0.1, 0.15) is 37.4 Å². The molecule has 2 saturated heterocycles. The summed E-state index contributed by atoms with van der Waals surface area (Å²) >= 11 is 0. The lowest BCUT2D eigenvalue weighted by atomic mass is 9.94. The molecule has 0 aliphatic carbocycles. The normalized spacial score (nSPS) is 29.7. The van der Waals surface area contributed by atoms with E-state index in [2.05, 4.69) is 17.3 Å². The zero-order valence-corrected chi connectivity index (χ0v) is 13.4. The highest BCUT2D eigenvalue weighted by Gasteiger charge is 2.28. The lowest BCUT2D eigenvalue weighted by molar-refractivity contribution is -0.0263. The van der Waals surface area contributed by atoms with Crippen LogP contribution in [0.4, 0.5) is 4.39 Å². The van der Waals surface area contributed by atoms with E-state index in [0.717, 1.165) is 44.0 Å². The van der Waals surface area contributed by atoms with Gasteiger partial charge in [0.2, 0.25) is 0 Å². The minimum Gasteiger partial charge on any atom is -0.373 e. The molecule has 0 amide bonds. The summed E-state index contributed by atoms with van der Waals surface area (Å²) in [6.45, 7) is 4.27. The highest BCUT2D eigenvalue weighted by atomic mass is 19.1. The Labute approximate surface area is 132 Å². The van der Waals surface area contributed by atoms with Gasteiger partial charge < -0.3 is 15.0 Å². The first-order chi connectivity index (χ1) is 10.7. The summed E-state index contributed by atoms with van der Waals surface area (Å²) < 4.78 is 19.0. The van der Waals surface area contributed by atoms with Crippen LogP contribution < -0.4 is 5.32 Å². The lowest BCUT2D eigenvalue weighted by Crippen LogP contribution is -2.43. The van der Waals surface area contributed by atoms with Crippen LogP contribution in [0.25, 0.3) is 0 Å². The number of benzene rings is 1. The van der Waals surface area contributed by atoms with Crippen LogP contribution in [-0.2, 0) is 4.74 Å². The second kappa shape index (κ2) is 7.53.